The number of nitrogens with zero attached hydrogens (tertiary/aromatic N) is 2. The van der Waals surface area contributed by atoms with Crippen molar-refractivity contribution in [3.05, 3.63) is 54.1 Å². The third-order valence-electron chi connectivity index (χ3n) is 4.51. The van der Waals surface area contributed by atoms with Gasteiger partial charge >= 0.3 is 5.97 Å². The molecule has 7 heteroatoms. The lowest BCUT2D eigenvalue weighted by atomic mass is 10.1. The predicted octanol–water partition coefficient (Wildman–Crippen LogP) is 2.73. The molecule has 0 saturated heterocycles. The molecule has 156 valence electrons. The summed E-state index contributed by atoms with van der Waals surface area (Å²) < 4.78 is 15.4. The molecular formula is C22H28N2O5. The van der Waals surface area contributed by atoms with Gasteiger partial charge in [-0.25, -0.2) is 0 Å². The minimum Gasteiger partial charge on any atom is -0.497 e. The van der Waals surface area contributed by atoms with Gasteiger partial charge in [-0.3, -0.25) is 9.59 Å². The quantitative estimate of drug-likeness (QED) is 0.571. The first-order valence-electron chi connectivity index (χ1n) is 9.37. The highest BCUT2D eigenvalue weighted by molar-refractivity contribution is 5.85. The van der Waals surface area contributed by atoms with Crippen LogP contribution in [0.25, 0.3) is 0 Å². The van der Waals surface area contributed by atoms with Gasteiger partial charge in [0.2, 0.25) is 5.91 Å². The summed E-state index contributed by atoms with van der Waals surface area (Å²) in [5.74, 6) is 0.576. The first kappa shape index (κ1) is 22.1. The lowest BCUT2D eigenvalue weighted by Gasteiger charge is -2.27. The zero-order chi connectivity index (χ0) is 21.2. The molecule has 29 heavy (non-hydrogen) atoms. The molecule has 2 aromatic carbocycles. The molecule has 2 rings (SSSR count). The number of ether oxygens (including phenoxy) is 3. The Morgan fingerprint density at radius 1 is 0.897 bits per heavy atom. The summed E-state index contributed by atoms with van der Waals surface area (Å²) in [6.45, 7) is 2.89. The molecule has 0 atom stereocenters. The summed E-state index contributed by atoms with van der Waals surface area (Å²) in [4.78, 5) is 28.4. The SMILES string of the molecule is CCN(CC(=O)N(CC(=O)OC)Cc1cc(OC)cc(OC)c1)c1ccccc1. The average Bonchev–Trinajstić information content (AvgIpc) is 2.76. The van der Waals surface area contributed by atoms with Gasteiger partial charge in [-0.1, -0.05) is 18.2 Å². The molecule has 0 aliphatic rings. The number of anilines is 1. The summed E-state index contributed by atoms with van der Waals surface area (Å²) >= 11 is 0. The molecular weight excluding hydrogens is 372 g/mol. The van der Waals surface area contributed by atoms with Gasteiger partial charge in [0.1, 0.15) is 18.0 Å². The molecule has 0 bridgehead atoms. The Morgan fingerprint density at radius 2 is 1.52 bits per heavy atom. The van der Waals surface area contributed by atoms with Crippen LogP contribution in [-0.2, 0) is 20.9 Å². The number of carbonyl (C=O) groups excluding carboxylic acids is 2. The summed E-state index contributed by atoms with van der Waals surface area (Å²) in [6, 6.07) is 15.1. The lowest BCUT2D eigenvalue weighted by molar-refractivity contribution is -0.146. The fourth-order valence-electron chi connectivity index (χ4n) is 2.92. The minimum atomic E-state index is -0.476. The first-order valence-corrected chi connectivity index (χ1v) is 9.37. The second-order valence-electron chi connectivity index (χ2n) is 6.40. The van der Waals surface area contributed by atoms with Crippen LogP contribution >= 0.6 is 0 Å². The monoisotopic (exact) mass is 400 g/mol. The molecule has 2 aromatic rings. The fraction of sp³-hybridized carbons (Fsp3) is 0.364. The van der Waals surface area contributed by atoms with Crippen molar-refractivity contribution < 1.29 is 23.8 Å². The average molecular weight is 400 g/mol. The molecule has 0 saturated carbocycles. The normalized spacial score (nSPS) is 10.2. The number of rotatable bonds is 10. The molecule has 0 heterocycles. The van der Waals surface area contributed by atoms with Crippen molar-refractivity contribution in [3.8, 4) is 11.5 Å². The maximum Gasteiger partial charge on any atom is 0.325 e. The van der Waals surface area contributed by atoms with Gasteiger partial charge in [0.25, 0.3) is 0 Å². The van der Waals surface area contributed by atoms with Gasteiger partial charge in [0.15, 0.2) is 0 Å². The van der Waals surface area contributed by atoms with Crippen LogP contribution in [0, 0.1) is 0 Å². The van der Waals surface area contributed by atoms with E-state index >= 15 is 0 Å². The summed E-state index contributed by atoms with van der Waals surface area (Å²) in [6.07, 6.45) is 0. The zero-order valence-electron chi connectivity index (χ0n) is 17.4. The van der Waals surface area contributed by atoms with E-state index in [0.717, 1.165) is 11.3 Å². The number of likely N-dealkylation sites (N-methyl/N-ethyl adjacent to an activating group) is 1. The Kier molecular flexibility index (Phi) is 8.33. The maximum absolute atomic E-state index is 13.1. The minimum absolute atomic E-state index is 0.138. The van der Waals surface area contributed by atoms with Crippen molar-refractivity contribution >= 4 is 17.6 Å². The van der Waals surface area contributed by atoms with Crippen molar-refractivity contribution in [2.24, 2.45) is 0 Å². The largest absolute Gasteiger partial charge is 0.497 e. The number of hydrogen-bond donors (Lipinski definition) is 0. The van der Waals surface area contributed by atoms with Crippen LogP contribution in [0.1, 0.15) is 12.5 Å². The fourth-order valence-corrected chi connectivity index (χ4v) is 2.92. The summed E-state index contributed by atoms with van der Waals surface area (Å²) in [5, 5.41) is 0. The topological polar surface area (TPSA) is 68.3 Å². The standard InChI is InChI=1S/C22H28N2O5/c1-5-23(18-9-7-6-8-10-18)15-21(25)24(16-22(26)29-4)14-17-11-19(27-2)13-20(12-17)28-3/h6-13H,5,14-16H2,1-4H3. The highest BCUT2D eigenvalue weighted by atomic mass is 16.5. The third-order valence-corrected chi connectivity index (χ3v) is 4.51. The van der Waals surface area contributed by atoms with Crippen molar-refractivity contribution in [2.45, 2.75) is 13.5 Å². The number of benzene rings is 2. The van der Waals surface area contributed by atoms with Crippen LogP contribution in [-0.4, -0.2) is 57.7 Å². The number of amides is 1. The molecule has 7 nitrogen and oxygen atoms in total. The van der Waals surface area contributed by atoms with E-state index in [2.05, 4.69) is 0 Å². The number of para-hydroxylation sites is 1. The van der Waals surface area contributed by atoms with E-state index < -0.39 is 5.97 Å². The second-order valence-corrected chi connectivity index (χ2v) is 6.40. The van der Waals surface area contributed by atoms with Crippen molar-refractivity contribution in [3.63, 3.8) is 0 Å². The molecule has 0 aromatic heterocycles. The number of hydrogen-bond acceptors (Lipinski definition) is 6. The van der Waals surface area contributed by atoms with E-state index in [4.69, 9.17) is 14.2 Å². The lowest BCUT2D eigenvalue weighted by Crippen LogP contribution is -2.42. The van der Waals surface area contributed by atoms with E-state index in [1.807, 2.05) is 54.3 Å². The molecule has 1 amide bonds. The zero-order valence-corrected chi connectivity index (χ0v) is 17.4. The van der Waals surface area contributed by atoms with Crippen LogP contribution in [0.3, 0.4) is 0 Å². The van der Waals surface area contributed by atoms with Crippen LogP contribution in [0.5, 0.6) is 11.5 Å². The maximum atomic E-state index is 13.1. The Bertz CT molecular complexity index is 788. The molecule has 0 N–H and O–H groups in total. The summed E-state index contributed by atoms with van der Waals surface area (Å²) in [5.41, 5.74) is 1.74. The number of carbonyl (C=O) groups is 2. The molecule has 0 radical (unpaired) electrons. The van der Waals surface area contributed by atoms with Crippen molar-refractivity contribution in [1.82, 2.24) is 4.90 Å². The van der Waals surface area contributed by atoms with Gasteiger partial charge in [-0.2, -0.15) is 0 Å². The van der Waals surface area contributed by atoms with Gasteiger partial charge in [0.05, 0.1) is 27.9 Å². The molecule has 0 aliphatic heterocycles. The van der Waals surface area contributed by atoms with Crippen LogP contribution in [0.2, 0.25) is 0 Å². The Hall–Kier alpha value is -3.22. The van der Waals surface area contributed by atoms with Gasteiger partial charge in [-0.05, 0) is 36.8 Å². The highest BCUT2D eigenvalue weighted by Crippen LogP contribution is 2.23. The predicted molar refractivity (Wildman–Crippen MR) is 111 cm³/mol. The smallest absolute Gasteiger partial charge is 0.325 e. The molecule has 0 aliphatic carbocycles. The molecule has 0 spiro atoms. The second kappa shape index (κ2) is 10.9. The van der Waals surface area contributed by atoms with Gasteiger partial charge in [-0.15, -0.1) is 0 Å². The van der Waals surface area contributed by atoms with E-state index in [-0.39, 0.29) is 25.5 Å². The van der Waals surface area contributed by atoms with E-state index in [1.54, 1.807) is 20.3 Å². The van der Waals surface area contributed by atoms with Crippen molar-refractivity contribution in [1.29, 1.82) is 0 Å². The Balaban J connectivity index is 2.23. The molecule has 0 fully saturated rings. The van der Waals surface area contributed by atoms with E-state index in [0.29, 0.717) is 18.0 Å². The first-order chi connectivity index (χ1) is 14.0. The highest BCUT2D eigenvalue weighted by Gasteiger charge is 2.21. The van der Waals surface area contributed by atoms with Crippen LogP contribution < -0.4 is 14.4 Å². The third kappa shape index (κ3) is 6.41. The molecule has 0 unspecified atom stereocenters. The van der Waals surface area contributed by atoms with E-state index in [9.17, 15) is 9.59 Å². The van der Waals surface area contributed by atoms with Gasteiger partial charge < -0.3 is 24.0 Å². The Labute approximate surface area is 171 Å². The number of methoxy groups -OCH3 is 3. The number of esters is 1. The summed E-state index contributed by atoms with van der Waals surface area (Å²) in [7, 11) is 4.44. The van der Waals surface area contributed by atoms with Crippen molar-refractivity contribution in [2.75, 3.05) is 45.9 Å². The van der Waals surface area contributed by atoms with E-state index in [1.165, 1.54) is 12.0 Å². The van der Waals surface area contributed by atoms with Crippen LogP contribution in [0.4, 0.5) is 5.69 Å². The van der Waals surface area contributed by atoms with Gasteiger partial charge in [0, 0.05) is 24.8 Å². The Morgan fingerprint density at radius 3 is 2.03 bits per heavy atom. The van der Waals surface area contributed by atoms with Crippen LogP contribution in [0.15, 0.2) is 48.5 Å².